The van der Waals surface area contributed by atoms with Gasteiger partial charge in [-0.1, -0.05) is 0 Å². The van der Waals surface area contributed by atoms with Crippen molar-refractivity contribution in [1.29, 1.82) is 0 Å². The number of aromatic nitrogens is 1. The molecule has 9 nitrogen and oxygen atoms in total. The molecule has 0 radical (unpaired) electrons. The molecular weight excluding hydrogens is 392 g/mol. The Kier molecular flexibility index (Phi) is 5.91. The number of carbonyl (C=O) groups is 2. The topological polar surface area (TPSA) is 107 Å². The highest BCUT2D eigenvalue weighted by Crippen LogP contribution is 2.30. The third-order valence-electron chi connectivity index (χ3n) is 4.67. The SMILES string of the molecule is COC(=O)C1CC(Oc2cc(=O)[nH]c3cc(OC)ccc23)CN1C(=O)OC(C)(C)C. The number of likely N-dealkylation sites (tertiary alicyclic amines) is 1. The molecule has 0 bridgehead atoms. The lowest BCUT2D eigenvalue weighted by molar-refractivity contribution is -0.145. The number of methoxy groups -OCH3 is 2. The third kappa shape index (κ3) is 4.67. The van der Waals surface area contributed by atoms with E-state index in [2.05, 4.69) is 4.98 Å². The minimum atomic E-state index is -0.830. The number of carbonyl (C=O) groups excluding carboxylic acids is 2. The van der Waals surface area contributed by atoms with Crippen LogP contribution in [0.1, 0.15) is 27.2 Å². The van der Waals surface area contributed by atoms with Gasteiger partial charge in [-0.15, -0.1) is 0 Å². The van der Waals surface area contributed by atoms with Gasteiger partial charge < -0.3 is 23.9 Å². The molecule has 1 aromatic heterocycles. The minimum absolute atomic E-state index is 0.124. The molecule has 0 saturated carbocycles. The van der Waals surface area contributed by atoms with E-state index in [1.54, 1.807) is 39.0 Å². The van der Waals surface area contributed by atoms with Crippen LogP contribution in [0.3, 0.4) is 0 Å². The van der Waals surface area contributed by atoms with E-state index in [0.717, 1.165) is 0 Å². The van der Waals surface area contributed by atoms with Crippen LogP contribution >= 0.6 is 0 Å². The van der Waals surface area contributed by atoms with E-state index < -0.39 is 29.8 Å². The molecule has 0 spiro atoms. The lowest BCUT2D eigenvalue weighted by atomic mass is 10.1. The fraction of sp³-hybridized carbons (Fsp3) is 0.476. The number of benzene rings is 1. The smallest absolute Gasteiger partial charge is 0.411 e. The van der Waals surface area contributed by atoms with Crippen molar-refractivity contribution >= 4 is 23.0 Å². The molecule has 9 heteroatoms. The number of esters is 1. The van der Waals surface area contributed by atoms with Gasteiger partial charge in [0.2, 0.25) is 0 Å². The molecule has 1 aliphatic heterocycles. The number of ether oxygens (including phenoxy) is 4. The zero-order chi connectivity index (χ0) is 22.1. The number of aromatic amines is 1. The van der Waals surface area contributed by atoms with Gasteiger partial charge in [0.1, 0.15) is 29.2 Å². The number of nitrogens with zero attached hydrogens (tertiary/aromatic N) is 1. The molecule has 2 aromatic rings. The molecule has 1 N–H and O–H groups in total. The normalized spacial score (nSPS) is 18.9. The summed E-state index contributed by atoms with van der Waals surface area (Å²) >= 11 is 0. The summed E-state index contributed by atoms with van der Waals surface area (Å²) in [5, 5.41) is 0.681. The van der Waals surface area contributed by atoms with Crippen LogP contribution in [0.2, 0.25) is 0 Å². The number of fused-ring (bicyclic) bond motifs is 1. The molecular formula is C21H26N2O7. The summed E-state index contributed by atoms with van der Waals surface area (Å²) in [6, 6.07) is 5.74. The maximum absolute atomic E-state index is 12.6. The Bertz CT molecular complexity index is 1010. The van der Waals surface area contributed by atoms with Gasteiger partial charge in [-0.3, -0.25) is 9.69 Å². The summed E-state index contributed by atoms with van der Waals surface area (Å²) in [4.78, 5) is 41.0. The first kappa shape index (κ1) is 21.5. The number of nitrogens with one attached hydrogen (secondary N) is 1. The number of hydrogen-bond acceptors (Lipinski definition) is 7. The van der Waals surface area contributed by atoms with E-state index >= 15 is 0 Å². The first-order valence-corrected chi connectivity index (χ1v) is 9.56. The second-order valence-electron chi connectivity index (χ2n) is 8.06. The summed E-state index contributed by atoms with van der Waals surface area (Å²) in [6.07, 6.45) is -0.922. The third-order valence-corrected chi connectivity index (χ3v) is 4.67. The quantitative estimate of drug-likeness (QED) is 0.760. The van der Waals surface area contributed by atoms with Crippen molar-refractivity contribution in [2.24, 2.45) is 0 Å². The van der Waals surface area contributed by atoms with Crippen molar-refractivity contribution < 1.29 is 28.5 Å². The van der Waals surface area contributed by atoms with Crippen LogP contribution in [-0.4, -0.2) is 60.5 Å². The van der Waals surface area contributed by atoms with Gasteiger partial charge in [0.25, 0.3) is 5.56 Å². The molecule has 162 valence electrons. The van der Waals surface area contributed by atoms with Crippen LogP contribution in [0.5, 0.6) is 11.5 Å². The van der Waals surface area contributed by atoms with Crippen LogP contribution < -0.4 is 15.0 Å². The lowest BCUT2D eigenvalue weighted by Gasteiger charge is -2.27. The van der Waals surface area contributed by atoms with E-state index in [9.17, 15) is 14.4 Å². The molecule has 2 atom stereocenters. The first-order valence-electron chi connectivity index (χ1n) is 9.56. The Morgan fingerprint density at radius 1 is 1.17 bits per heavy atom. The highest BCUT2D eigenvalue weighted by molar-refractivity contribution is 5.86. The number of amides is 1. The van der Waals surface area contributed by atoms with Crippen LogP contribution in [0, 0.1) is 0 Å². The standard InChI is InChI=1S/C21H26N2O7/c1-21(2,3)30-20(26)23-11-13(9-16(23)19(25)28-5)29-17-10-18(24)22-15-8-12(27-4)6-7-14(15)17/h6-8,10,13,16H,9,11H2,1-5H3,(H,22,24). The van der Waals surface area contributed by atoms with Crippen molar-refractivity contribution in [3.63, 3.8) is 0 Å². The first-order chi connectivity index (χ1) is 14.1. The van der Waals surface area contributed by atoms with E-state index in [-0.39, 0.29) is 18.5 Å². The van der Waals surface area contributed by atoms with Crippen molar-refractivity contribution in [3.05, 3.63) is 34.6 Å². The van der Waals surface area contributed by atoms with Crippen molar-refractivity contribution in [2.45, 2.75) is 44.9 Å². The van der Waals surface area contributed by atoms with Gasteiger partial charge in [-0.25, -0.2) is 9.59 Å². The Morgan fingerprint density at radius 2 is 1.90 bits per heavy atom. The van der Waals surface area contributed by atoms with Gasteiger partial charge in [-0.2, -0.15) is 0 Å². The molecule has 1 aliphatic rings. The van der Waals surface area contributed by atoms with Crippen LogP contribution in [-0.2, 0) is 14.3 Å². The zero-order valence-electron chi connectivity index (χ0n) is 17.7. The molecule has 1 fully saturated rings. The number of hydrogen-bond donors (Lipinski definition) is 1. The Morgan fingerprint density at radius 3 is 2.53 bits per heavy atom. The second-order valence-corrected chi connectivity index (χ2v) is 8.06. The maximum atomic E-state index is 12.6. The Labute approximate surface area is 173 Å². The summed E-state index contributed by atoms with van der Waals surface area (Å²) in [5.74, 6) is 0.404. The molecule has 2 unspecified atom stereocenters. The Hall–Kier alpha value is -3.23. The molecule has 0 aliphatic carbocycles. The molecule has 2 heterocycles. The lowest BCUT2D eigenvalue weighted by Crippen LogP contribution is -2.44. The average molecular weight is 418 g/mol. The van der Waals surface area contributed by atoms with Crippen molar-refractivity contribution in [3.8, 4) is 11.5 Å². The number of pyridine rings is 1. The molecule has 1 aromatic carbocycles. The largest absolute Gasteiger partial charge is 0.497 e. The van der Waals surface area contributed by atoms with Crippen molar-refractivity contribution in [2.75, 3.05) is 20.8 Å². The number of rotatable bonds is 4. The van der Waals surface area contributed by atoms with E-state index in [1.165, 1.54) is 25.2 Å². The predicted molar refractivity (Wildman–Crippen MR) is 109 cm³/mol. The summed E-state index contributed by atoms with van der Waals surface area (Å²) in [6.45, 7) is 5.37. The van der Waals surface area contributed by atoms with Gasteiger partial charge >= 0.3 is 12.1 Å². The Balaban J connectivity index is 1.87. The van der Waals surface area contributed by atoms with E-state index in [1.807, 2.05) is 0 Å². The fourth-order valence-electron chi connectivity index (χ4n) is 3.38. The van der Waals surface area contributed by atoms with Gasteiger partial charge in [0.05, 0.1) is 26.3 Å². The van der Waals surface area contributed by atoms with Gasteiger partial charge in [0, 0.05) is 23.9 Å². The van der Waals surface area contributed by atoms with E-state index in [0.29, 0.717) is 22.4 Å². The minimum Gasteiger partial charge on any atom is -0.497 e. The predicted octanol–water partition coefficient (Wildman–Crippen LogP) is 2.47. The highest BCUT2D eigenvalue weighted by Gasteiger charge is 2.43. The van der Waals surface area contributed by atoms with E-state index in [4.69, 9.17) is 18.9 Å². The molecule has 1 saturated heterocycles. The second kappa shape index (κ2) is 8.25. The molecule has 1 amide bonds. The fourth-order valence-corrected chi connectivity index (χ4v) is 3.38. The maximum Gasteiger partial charge on any atom is 0.411 e. The summed E-state index contributed by atoms with van der Waals surface area (Å²) in [7, 11) is 2.80. The summed E-state index contributed by atoms with van der Waals surface area (Å²) < 4.78 is 21.5. The van der Waals surface area contributed by atoms with Crippen LogP contribution in [0.15, 0.2) is 29.1 Å². The average Bonchev–Trinajstić information content (AvgIpc) is 3.09. The van der Waals surface area contributed by atoms with Crippen LogP contribution in [0.4, 0.5) is 4.79 Å². The van der Waals surface area contributed by atoms with Crippen LogP contribution in [0.25, 0.3) is 10.9 Å². The molecule has 3 rings (SSSR count). The zero-order valence-corrected chi connectivity index (χ0v) is 17.7. The summed E-state index contributed by atoms with van der Waals surface area (Å²) in [5.41, 5.74) is -0.487. The molecule has 30 heavy (non-hydrogen) atoms. The van der Waals surface area contributed by atoms with Gasteiger partial charge in [0.15, 0.2) is 0 Å². The highest BCUT2D eigenvalue weighted by atomic mass is 16.6. The number of H-pyrrole nitrogens is 1. The monoisotopic (exact) mass is 418 g/mol. The van der Waals surface area contributed by atoms with Crippen molar-refractivity contribution in [1.82, 2.24) is 9.88 Å². The van der Waals surface area contributed by atoms with Gasteiger partial charge in [-0.05, 0) is 32.9 Å².